The summed E-state index contributed by atoms with van der Waals surface area (Å²) in [7, 11) is 0. The van der Waals surface area contributed by atoms with Crippen LogP contribution in [-0.2, 0) is 6.42 Å². The number of aliphatic hydroxyl groups is 1. The SMILES string of the molecule is Cc1cccn2nc([C@@H]3c4nc[nH]c4CCN3c3cnc(C(O)c4ccccc4)cn3)cc12. The molecule has 0 saturated heterocycles. The molecule has 5 heterocycles. The van der Waals surface area contributed by atoms with Gasteiger partial charge in [0, 0.05) is 24.9 Å². The van der Waals surface area contributed by atoms with Gasteiger partial charge < -0.3 is 15.0 Å². The van der Waals surface area contributed by atoms with E-state index in [0.29, 0.717) is 5.69 Å². The maximum Gasteiger partial charge on any atom is 0.147 e. The van der Waals surface area contributed by atoms with Gasteiger partial charge in [0.05, 0.1) is 41.3 Å². The van der Waals surface area contributed by atoms with Gasteiger partial charge in [0.1, 0.15) is 18.0 Å². The first-order chi connectivity index (χ1) is 16.2. The van der Waals surface area contributed by atoms with Gasteiger partial charge >= 0.3 is 0 Å². The molecule has 0 fully saturated rings. The van der Waals surface area contributed by atoms with Crippen LogP contribution in [0.25, 0.3) is 5.52 Å². The molecule has 5 aromatic rings. The molecule has 1 unspecified atom stereocenters. The number of hydrogen-bond donors (Lipinski definition) is 2. The smallest absolute Gasteiger partial charge is 0.147 e. The molecule has 8 nitrogen and oxygen atoms in total. The molecule has 164 valence electrons. The minimum absolute atomic E-state index is 0.182. The van der Waals surface area contributed by atoms with Gasteiger partial charge in [0.25, 0.3) is 0 Å². The first kappa shape index (κ1) is 19.6. The average molecular weight is 438 g/mol. The van der Waals surface area contributed by atoms with Crippen molar-refractivity contribution in [3.05, 3.63) is 107 Å². The Morgan fingerprint density at radius 2 is 1.94 bits per heavy atom. The zero-order chi connectivity index (χ0) is 22.4. The normalized spacial score (nSPS) is 16.7. The third-order valence-corrected chi connectivity index (χ3v) is 6.29. The van der Waals surface area contributed by atoms with Crippen LogP contribution in [0.15, 0.2) is 73.4 Å². The number of aromatic amines is 1. The Balaban J connectivity index is 1.38. The summed E-state index contributed by atoms with van der Waals surface area (Å²) in [5.41, 5.74) is 6.53. The largest absolute Gasteiger partial charge is 0.382 e. The fourth-order valence-electron chi connectivity index (χ4n) is 4.56. The second kappa shape index (κ2) is 7.83. The zero-order valence-corrected chi connectivity index (χ0v) is 18.1. The Labute approximate surface area is 190 Å². The van der Waals surface area contributed by atoms with Crippen LogP contribution in [0.2, 0.25) is 0 Å². The lowest BCUT2D eigenvalue weighted by molar-refractivity contribution is 0.215. The lowest BCUT2D eigenvalue weighted by Gasteiger charge is -2.34. The highest BCUT2D eigenvalue weighted by Crippen LogP contribution is 2.36. The highest BCUT2D eigenvalue weighted by Gasteiger charge is 2.34. The van der Waals surface area contributed by atoms with Gasteiger partial charge in [-0.1, -0.05) is 36.4 Å². The van der Waals surface area contributed by atoms with Gasteiger partial charge in [-0.3, -0.25) is 4.98 Å². The number of fused-ring (bicyclic) bond motifs is 2. The quantitative estimate of drug-likeness (QED) is 0.448. The van der Waals surface area contributed by atoms with Gasteiger partial charge in [0.15, 0.2) is 0 Å². The van der Waals surface area contributed by atoms with E-state index in [9.17, 15) is 5.11 Å². The lowest BCUT2D eigenvalue weighted by atomic mass is 9.99. The van der Waals surface area contributed by atoms with E-state index >= 15 is 0 Å². The topological polar surface area (TPSA) is 95.2 Å². The third kappa shape index (κ3) is 3.35. The first-order valence-corrected chi connectivity index (χ1v) is 11.0. The summed E-state index contributed by atoms with van der Waals surface area (Å²) in [6, 6.07) is 15.5. The summed E-state index contributed by atoms with van der Waals surface area (Å²) in [5.74, 6) is 0.728. The van der Waals surface area contributed by atoms with Gasteiger partial charge in [-0.2, -0.15) is 5.10 Å². The Hall–Kier alpha value is -4.04. The van der Waals surface area contributed by atoms with Crippen LogP contribution >= 0.6 is 0 Å². The third-order valence-electron chi connectivity index (χ3n) is 6.29. The second-order valence-electron chi connectivity index (χ2n) is 8.32. The lowest BCUT2D eigenvalue weighted by Crippen LogP contribution is -2.37. The molecule has 1 aliphatic heterocycles. The predicted molar refractivity (Wildman–Crippen MR) is 124 cm³/mol. The number of anilines is 1. The van der Waals surface area contributed by atoms with Crippen LogP contribution in [0, 0.1) is 6.92 Å². The minimum atomic E-state index is -0.815. The highest BCUT2D eigenvalue weighted by molar-refractivity contribution is 5.57. The van der Waals surface area contributed by atoms with Crippen LogP contribution < -0.4 is 4.90 Å². The van der Waals surface area contributed by atoms with E-state index in [0.717, 1.165) is 46.9 Å². The molecular weight excluding hydrogens is 414 g/mol. The number of aliphatic hydroxyl groups excluding tert-OH is 1. The Bertz CT molecular complexity index is 1410. The molecule has 0 spiro atoms. The first-order valence-electron chi connectivity index (χ1n) is 11.0. The molecule has 0 bridgehead atoms. The van der Waals surface area contributed by atoms with Gasteiger partial charge in [0.2, 0.25) is 0 Å². The van der Waals surface area contributed by atoms with E-state index in [1.54, 1.807) is 18.7 Å². The van der Waals surface area contributed by atoms with Crippen molar-refractivity contribution >= 4 is 11.3 Å². The van der Waals surface area contributed by atoms with Crippen molar-refractivity contribution in [2.24, 2.45) is 0 Å². The molecule has 1 aliphatic rings. The maximum absolute atomic E-state index is 10.7. The number of benzene rings is 1. The molecule has 33 heavy (non-hydrogen) atoms. The summed E-state index contributed by atoms with van der Waals surface area (Å²) in [5, 5.41) is 15.6. The molecule has 6 rings (SSSR count). The van der Waals surface area contributed by atoms with Crippen LogP contribution in [0.3, 0.4) is 0 Å². The molecular formula is C25H23N7O. The van der Waals surface area contributed by atoms with E-state index in [-0.39, 0.29) is 6.04 Å². The van der Waals surface area contributed by atoms with E-state index < -0.39 is 6.10 Å². The van der Waals surface area contributed by atoms with Gasteiger partial charge in [-0.25, -0.2) is 14.5 Å². The van der Waals surface area contributed by atoms with Crippen molar-refractivity contribution in [3.63, 3.8) is 0 Å². The Morgan fingerprint density at radius 3 is 2.73 bits per heavy atom. The highest BCUT2D eigenvalue weighted by atomic mass is 16.3. The second-order valence-corrected chi connectivity index (χ2v) is 8.32. The molecule has 0 radical (unpaired) electrons. The van der Waals surface area contributed by atoms with Crippen LogP contribution in [0.4, 0.5) is 5.82 Å². The maximum atomic E-state index is 10.7. The number of hydrogen-bond acceptors (Lipinski definition) is 6. The minimum Gasteiger partial charge on any atom is -0.382 e. The van der Waals surface area contributed by atoms with Crippen molar-refractivity contribution in [1.29, 1.82) is 0 Å². The molecule has 4 aromatic heterocycles. The Morgan fingerprint density at radius 1 is 1.06 bits per heavy atom. The van der Waals surface area contributed by atoms with E-state index in [1.165, 1.54) is 5.56 Å². The van der Waals surface area contributed by atoms with Crippen molar-refractivity contribution in [1.82, 2.24) is 29.5 Å². The molecule has 0 amide bonds. The number of imidazole rings is 1. The molecule has 2 N–H and O–H groups in total. The van der Waals surface area contributed by atoms with E-state index in [1.807, 2.05) is 47.1 Å². The monoisotopic (exact) mass is 437 g/mol. The van der Waals surface area contributed by atoms with Crippen LogP contribution in [0.5, 0.6) is 0 Å². The van der Waals surface area contributed by atoms with Gasteiger partial charge in [-0.15, -0.1) is 0 Å². The molecule has 1 aromatic carbocycles. The summed E-state index contributed by atoms with van der Waals surface area (Å²) < 4.78 is 1.91. The summed E-state index contributed by atoms with van der Waals surface area (Å²) in [4.78, 5) is 19.3. The van der Waals surface area contributed by atoms with E-state index in [4.69, 9.17) is 5.10 Å². The number of nitrogens with one attached hydrogen (secondary N) is 1. The number of pyridine rings is 1. The van der Waals surface area contributed by atoms with Crippen LogP contribution in [0.1, 0.15) is 46.0 Å². The predicted octanol–water partition coefficient (Wildman–Crippen LogP) is 3.39. The molecule has 8 heteroatoms. The van der Waals surface area contributed by atoms with Crippen molar-refractivity contribution < 1.29 is 5.11 Å². The molecule has 2 atom stereocenters. The van der Waals surface area contributed by atoms with E-state index in [2.05, 4.69) is 43.9 Å². The fourth-order valence-corrected chi connectivity index (χ4v) is 4.56. The van der Waals surface area contributed by atoms with Crippen molar-refractivity contribution in [3.8, 4) is 0 Å². The molecule has 0 saturated carbocycles. The fraction of sp³-hybridized carbons (Fsp3) is 0.200. The number of rotatable bonds is 4. The zero-order valence-electron chi connectivity index (χ0n) is 18.1. The average Bonchev–Trinajstić information content (AvgIpc) is 3.51. The van der Waals surface area contributed by atoms with Crippen molar-refractivity contribution in [2.75, 3.05) is 11.4 Å². The molecule has 0 aliphatic carbocycles. The van der Waals surface area contributed by atoms with Gasteiger partial charge in [-0.05, 0) is 30.2 Å². The Kier molecular flexibility index (Phi) is 4.66. The number of aryl methyl sites for hydroxylation is 1. The standard InChI is InChI=1S/C25H23N7O/c1-16-6-5-10-32-21(16)12-19(30-32)24-23-18(28-15-29-23)9-11-31(24)22-14-26-20(13-27-22)25(33)17-7-3-2-4-8-17/h2-8,10,12-15,24-25,33H,9,11H2,1H3,(H,28,29)/t24-,25?/m1/s1. The number of nitrogens with zero attached hydrogens (tertiary/aromatic N) is 6. The number of H-pyrrole nitrogens is 1. The van der Waals surface area contributed by atoms with Crippen molar-refractivity contribution in [2.45, 2.75) is 25.5 Å². The summed E-state index contributed by atoms with van der Waals surface area (Å²) in [6.07, 6.45) is 7.10. The summed E-state index contributed by atoms with van der Waals surface area (Å²) in [6.45, 7) is 2.84. The summed E-state index contributed by atoms with van der Waals surface area (Å²) >= 11 is 0. The number of aromatic nitrogens is 6. The van der Waals surface area contributed by atoms with Crippen LogP contribution in [-0.4, -0.2) is 41.2 Å².